The van der Waals surface area contributed by atoms with E-state index in [9.17, 15) is 4.79 Å². The predicted molar refractivity (Wildman–Crippen MR) is 67.2 cm³/mol. The molecule has 0 atom stereocenters. The summed E-state index contributed by atoms with van der Waals surface area (Å²) in [7, 11) is 2.95. The quantitative estimate of drug-likeness (QED) is 0.841. The number of methoxy groups -OCH3 is 2. The fourth-order valence-electron chi connectivity index (χ4n) is 1.62. The van der Waals surface area contributed by atoms with Crippen LogP contribution in [-0.2, 0) is 5.54 Å². The maximum absolute atomic E-state index is 11.0. The largest absolute Gasteiger partial charge is 0.492 e. The van der Waals surface area contributed by atoms with Crippen molar-refractivity contribution >= 4 is 17.9 Å². The van der Waals surface area contributed by atoms with Crippen LogP contribution in [0.3, 0.4) is 0 Å². The van der Waals surface area contributed by atoms with Crippen molar-refractivity contribution in [1.29, 1.82) is 0 Å². The molecular formula is C12H16ClNO3. The molecular weight excluding hydrogens is 242 g/mol. The highest BCUT2D eigenvalue weighted by Gasteiger charge is 2.26. The lowest BCUT2D eigenvalue weighted by Gasteiger charge is -2.24. The Balaban J connectivity index is 3.65. The minimum absolute atomic E-state index is 0.263. The Morgan fingerprint density at radius 2 is 1.82 bits per heavy atom. The molecule has 4 nitrogen and oxygen atoms in total. The lowest BCUT2D eigenvalue weighted by molar-refractivity contribution is 0.112. The number of halogens is 1. The van der Waals surface area contributed by atoms with Crippen LogP contribution in [0.15, 0.2) is 6.07 Å². The number of aldehydes is 1. The molecule has 0 heterocycles. The molecule has 1 aromatic carbocycles. The van der Waals surface area contributed by atoms with Gasteiger partial charge in [-0.1, -0.05) is 11.6 Å². The molecule has 17 heavy (non-hydrogen) atoms. The van der Waals surface area contributed by atoms with E-state index in [1.54, 1.807) is 6.07 Å². The van der Waals surface area contributed by atoms with Crippen molar-refractivity contribution in [3.63, 3.8) is 0 Å². The summed E-state index contributed by atoms with van der Waals surface area (Å²) in [5, 5.41) is 0.297. The van der Waals surface area contributed by atoms with Crippen LogP contribution in [0, 0.1) is 0 Å². The van der Waals surface area contributed by atoms with E-state index in [0.717, 1.165) is 0 Å². The van der Waals surface area contributed by atoms with E-state index >= 15 is 0 Å². The summed E-state index contributed by atoms with van der Waals surface area (Å²) in [5.41, 5.74) is 6.34. The molecule has 2 N–H and O–H groups in total. The van der Waals surface area contributed by atoms with Crippen molar-refractivity contribution < 1.29 is 14.3 Å². The molecule has 0 unspecified atom stereocenters. The Morgan fingerprint density at radius 3 is 2.18 bits per heavy atom. The number of carbonyl (C=O) groups excluding carboxylic acids is 1. The van der Waals surface area contributed by atoms with E-state index in [1.165, 1.54) is 14.2 Å². The van der Waals surface area contributed by atoms with Crippen LogP contribution >= 0.6 is 11.6 Å². The highest BCUT2D eigenvalue weighted by Crippen LogP contribution is 2.41. The van der Waals surface area contributed by atoms with Gasteiger partial charge in [-0.25, -0.2) is 0 Å². The zero-order chi connectivity index (χ0) is 13.2. The van der Waals surface area contributed by atoms with Gasteiger partial charge in [0.25, 0.3) is 0 Å². The van der Waals surface area contributed by atoms with Crippen LogP contribution in [0.2, 0.25) is 5.02 Å². The van der Waals surface area contributed by atoms with Gasteiger partial charge in [0.1, 0.15) is 0 Å². The topological polar surface area (TPSA) is 61.5 Å². The first-order valence-corrected chi connectivity index (χ1v) is 5.43. The number of hydrogen-bond acceptors (Lipinski definition) is 4. The minimum Gasteiger partial charge on any atom is -0.492 e. The van der Waals surface area contributed by atoms with Crippen LogP contribution in [0.25, 0.3) is 0 Å². The van der Waals surface area contributed by atoms with E-state index in [0.29, 0.717) is 28.4 Å². The molecule has 0 aliphatic carbocycles. The smallest absolute Gasteiger partial charge is 0.173 e. The molecule has 0 fully saturated rings. The number of hydrogen-bond donors (Lipinski definition) is 1. The lowest BCUT2D eigenvalue weighted by atomic mass is 9.93. The molecule has 1 rings (SSSR count). The first kappa shape index (κ1) is 13.8. The Bertz CT molecular complexity index is 438. The summed E-state index contributed by atoms with van der Waals surface area (Å²) in [6, 6.07) is 1.63. The molecule has 94 valence electrons. The second-order valence-electron chi connectivity index (χ2n) is 4.23. The molecule has 0 bridgehead atoms. The van der Waals surface area contributed by atoms with Crippen LogP contribution in [-0.4, -0.2) is 20.5 Å². The molecule has 0 amide bonds. The maximum Gasteiger partial charge on any atom is 0.173 e. The van der Waals surface area contributed by atoms with Crippen LogP contribution in [0.4, 0.5) is 0 Å². The van der Waals surface area contributed by atoms with Gasteiger partial charge >= 0.3 is 0 Å². The normalized spacial score (nSPS) is 11.2. The number of carbonyl (C=O) groups is 1. The summed E-state index contributed by atoms with van der Waals surface area (Å²) in [5.74, 6) is 0.745. The van der Waals surface area contributed by atoms with Crippen molar-refractivity contribution in [1.82, 2.24) is 0 Å². The maximum atomic E-state index is 11.0. The second-order valence-corrected chi connectivity index (χ2v) is 4.63. The standard InChI is InChI=1S/C12H16ClNO3/c1-12(2,14)8-5-9(13)7(6-15)10(16-3)11(8)17-4/h5-6H,14H2,1-4H3. The van der Waals surface area contributed by atoms with Gasteiger partial charge in [-0.05, 0) is 19.9 Å². The fourth-order valence-corrected chi connectivity index (χ4v) is 1.86. The SMILES string of the molecule is COc1c(C(C)(C)N)cc(Cl)c(C=O)c1OC. The molecule has 1 aromatic rings. The zero-order valence-electron chi connectivity index (χ0n) is 10.3. The summed E-state index contributed by atoms with van der Waals surface area (Å²) in [6.07, 6.45) is 0.636. The van der Waals surface area contributed by atoms with Gasteiger partial charge in [0.05, 0.1) is 24.8 Å². The van der Waals surface area contributed by atoms with Crippen molar-refractivity contribution in [3.05, 3.63) is 22.2 Å². The molecule has 0 radical (unpaired) electrons. The third kappa shape index (κ3) is 2.53. The van der Waals surface area contributed by atoms with E-state index in [2.05, 4.69) is 0 Å². The summed E-state index contributed by atoms with van der Waals surface area (Å²) in [6.45, 7) is 3.64. The third-order valence-corrected chi connectivity index (χ3v) is 2.76. The van der Waals surface area contributed by atoms with Gasteiger partial charge in [-0.3, -0.25) is 4.79 Å². The van der Waals surface area contributed by atoms with Gasteiger partial charge in [0, 0.05) is 11.1 Å². The molecule has 0 saturated carbocycles. The summed E-state index contributed by atoms with van der Waals surface area (Å²) in [4.78, 5) is 11.0. The number of ether oxygens (including phenoxy) is 2. The Hall–Kier alpha value is -1.26. The van der Waals surface area contributed by atoms with Crippen molar-refractivity contribution in [3.8, 4) is 11.5 Å². The monoisotopic (exact) mass is 257 g/mol. The predicted octanol–water partition coefficient (Wildman–Crippen LogP) is 2.36. The zero-order valence-corrected chi connectivity index (χ0v) is 11.1. The first-order valence-electron chi connectivity index (χ1n) is 5.05. The number of benzene rings is 1. The summed E-state index contributed by atoms with van der Waals surface area (Å²) < 4.78 is 10.4. The van der Waals surface area contributed by atoms with Crippen molar-refractivity contribution in [2.24, 2.45) is 5.73 Å². The minimum atomic E-state index is -0.649. The third-order valence-electron chi connectivity index (χ3n) is 2.44. The van der Waals surface area contributed by atoms with Gasteiger partial charge in [-0.2, -0.15) is 0 Å². The van der Waals surface area contributed by atoms with Crippen LogP contribution < -0.4 is 15.2 Å². The highest BCUT2D eigenvalue weighted by molar-refractivity contribution is 6.33. The average molecular weight is 258 g/mol. The van der Waals surface area contributed by atoms with Gasteiger partial charge < -0.3 is 15.2 Å². The summed E-state index contributed by atoms with van der Waals surface area (Å²) >= 11 is 6.03. The van der Waals surface area contributed by atoms with Crippen LogP contribution in [0.5, 0.6) is 11.5 Å². The van der Waals surface area contributed by atoms with Gasteiger partial charge in [-0.15, -0.1) is 0 Å². The lowest BCUT2D eigenvalue weighted by Crippen LogP contribution is -2.29. The van der Waals surface area contributed by atoms with E-state index < -0.39 is 5.54 Å². The molecule has 0 aliphatic rings. The Labute approximate surface area is 106 Å². The van der Waals surface area contributed by atoms with Gasteiger partial charge in [0.15, 0.2) is 17.8 Å². The fraction of sp³-hybridized carbons (Fsp3) is 0.417. The molecule has 0 saturated heterocycles. The second kappa shape index (κ2) is 4.94. The Morgan fingerprint density at radius 1 is 1.29 bits per heavy atom. The van der Waals surface area contributed by atoms with Crippen molar-refractivity contribution in [2.45, 2.75) is 19.4 Å². The van der Waals surface area contributed by atoms with E-state index in [4.69, 9.17) is 26.8 Å². The first-order chi connectivity index (χ1) is 7.86. The van der Waals surface area contributed by atoms with Crippen LogP contribution in [0.1, 0.15) is 29.8 Å². The Kier molecular flexibility index (Phi) is 4.01. The molecule has 0 spiro atoms. The van der Waals surface area contributed by atoms with Crippen molar-refractivity contribution in [2.75, 3.05) is 14.2 Å². The molecule has 5 heteroatoms. The molecule has 0 aromatic heterocycles. The van der Waals surface area contributed by atoms with E-state index in [1.807, 2.05) is 13.8 Å². The average Bonchev–Trinajstić information content (AvgIpc) is 2.26. The number of nitrogens with two attached hydrogens (primary N) is 1. The van der Waals surface area contributed by atoms with E-state index in [-0.39, 0.29) is 5.56 Å². The van der Waals surface area contributed by atoms with Gasteiger partial charge in [0.2, 0.25) is 0 Å². The highest BCUT2D eigenvalue weighted by atomic mass is 35.5. The number of rotatable bonds is 4. The molecule has 0 aliphatic heterocycles.